The van der Waals surface area contributed by atoms with Crippen LogP contribution in [0.5, 0.6) is 0 Å². The van der Waals surface area contributed by atoms with E-state index in [4.69, 9.17) is 5.11 Å². The molecule has 1 aliphatic heterocycles. The maximum atomic E-state index is 13.3. The van der Waals surface area contributed by atoms with Crippen LogP contribution in [0.1, 0.15) is 15.2 Å². The highest BCUT2D eigenvalue weighted by atomic mass is 32.1. The lowest BCUT2D eigenvalue weighted by molar-refractivity contribution is -0.112. The molecule has 0 unspecified atom stereocenters. The van der Waals surface area contributed by atoms with Gasteiger partial charge in [-0.15, -0.1) is 11.3 Å². The number of hydrogen-bond acceptors (Lipinski definition) is 9. The third-order valence-corrected chi connectivity index (χ3v) is 6.30. The first kappa shape index (κ1) is 20.7. The fourth-order valence-corrected chi connectivity index (χ4v) is 4.42. The summed E-state index contributed by atoms with van der Waals surface area (Å²) >= 11 is 2.22. The fraction of sp³-hybridized carbons (Fsp3) is 0. The summed E-state index contributed by atoms with van der Waals surface area (Å²) in [5, 5.41) is 21.6. The molecule has 0 saturated heterocycles. The van der Waals surface area contributed by atoms with E-state index in [1.54, 1.807) is 0 Å². The average Bonchev–Trinajstić information content (AvgIpc) is 3.58. The zero-order chi connectivity index (χ0) is 22.8. The van der Waals surface area contributed by atoms with Crippen molar-refractivity contribution in [2.45, 2.75) is 0 Å². The van der Waals surface area contributed by atoms with Crippen LogP contribution in [0, 0.1) is 0 Å². The molecule has 3 heterocycles. The second-order valence-corrected chi connectivity index (χ2v) is 8.59. The van der Waals surface area contributed by atoms with Gasteiger partial charge in [0.1, 0.15) is 10.6 Å². The van der Waals surface area contributed by atoms with Crippen molar-refractivity contribution < 1.29 is 14.7 Å². The molecule has 0 spiro atoms. The second-order valence-electron chi connectivity index (χ2n) is 6.72. The number of anilines is 2. The highest BCUT2D eigenvalue weighted by Crippen LogP contribution is 2.30. The van der Waals surface area contributed by atoms with Crippen molar-refractivity contribution in [1.82, 2.24) is 9.97 Å². The molecule has 0 bridgehead atoms. The minimum Gasteiger partial charge on any atom is -0.477 e. The van der Waals surface area contributed by atoms with E-state index in [2.05, 4.69) is 25.6 Å². The summed E-state index contributed by atoms with van der Waals surface area (Å²) in [5.74, 6) is -1.54. The number of rotatable bonds is 6. The fourth-order valence-electron chi connectivity index (χ4n) is 3.05. The van der Waals surface area contributed by atoms with Gasteiger partial charge in [-0.25, -0.2) is 14.8 Å². The number of nitrogens with one attached hydrogen (secondary N) is 1. The van der Waals surface area contributed by atoms with Crippen molar-refractivity contribution >= 4 is 56.2 Å². The van der Waals surface area contributed by atoms with Crippen LogP contribution in [0.4, 0.5) is 10.3 Å². The number of benzene rings is 2. The molecule has 2 aromatic heterocycles. The van der Waals surface area contributed by atoms with Crippen molar-refractivity contribution in [2.75, 3.05) is 10.4 Å². The molecule has 1 amide bonds. The molecule has 33 heavy (non-hydrogen) atoms. The second kappa shape index (κ2) is 8.73. The number of carbonyl (C=O) groups excluding carboxylic acids is 1. The number of hydrogen-bond donors (Lipinski definition) is 2. The molecule has 162 valence electrons. The maximum Gasteiger partial charge on any atom is 0.347 e. The number of nitrogens with zero attached hydrogens (tertiary/aromatic N) is 5. The number of hydrazone groups is 2. The monoisotopic (exact) mass is 474 g/mol. The van der Waals surface area contributed by atoms with Crippen LogP contribution in [0.3, 0.4) is 0 Å². The van der Waals surface area contributed by atoms with Gasteiger partial charge in [-0.2, -0.15) is 15.2 Å². The van der Waals surface area contributed by atoms with E-state index >= 15 is 0 Å². The van der Waals surface area contributed by atoms with Gasteiger partial charge in [-0.3, -0.25) is 10.2 Å². The topological polar surface area (TPSA) is 120 Å². The highest BCUT2D eigenvalue weighted by molar-refractivity contribution is 7.17. The van der Waals surface area contributed by atoms with E-state index in [-0.39, 0.29) is 15.7 Å². The lowest BCUT2D eigenvalue weighted by Gasteiger charge is -2.06. The summed E-state index contributed by atoms with van der Waals surface area (Å²) in [4.78, 5) is 33.0. The minimum atomic E-state index is -1.08. The SMILES string of the molecule is O=C(O)c1cnc(N/N=C2\C(=O)N(c3nc(-c4ccccc4)cs3)N=C2c2ccccc2)s1. The molecule has 0 radical (unpaired) electrons. The molecule has 0 atom stereocenters. The van der Waals surface area contributed by atoms with Crippen molar-refractivity contribution in [2.24, 2.45) is 10.2 Å². The Balaban J connectivity index is 1.49. The molecule has 9 nitrogen and oxygen atoms in total. The van der Waals surface area contributed by atoms with Crippen molar-refractivity contribution in [3.05, 3.63) is 82.7 Å². The number of aromatic carboxylic acids is 1. The van der Waals surface area contributed by atoms with E-state index in [0.717, 1.165) is 22.6 Å². The molecule has 0 aliphatic carbocycles. The first-order chi connectivity index (χ1) is 16.1. The summed E-state index contributed by atoms with van der Waals surface area (Å²) in [5.41, 5.74) is 5.52. The average molecular weight is 475 g/mol. The molecule has 4 aromatic rings. The first-order valence-corrected chi connectivity index (χ1v) is 11.3. The largest absolute Gasteiger partial charge is 0.477 e. The van der Waals surface area contributed by atoms with Gasteiger partial charge in [0.05, 0.1) is 11.9 Å². The number of aromatic nitrogens is 2. The third kappa shape index (κ3) is 4.14. The zero-order valence-corrected chi connectivity index (χ0v) is 18.4. The van der Waals surface area contributed by atoms with Crippen molar-refractivity contribution in [3.63, 3.8) is 0 Å². The molecular weight excluding hydrogens is 460 g/mol. The van der Waals surface area contributed by atoms with Gasteiger partial charge >= 0.3 is 11.9 Å². The van der Waals surface area contributed by atoms with Crippen LogP contribution in [-0.2, 0) is 4.79 Å². The van der Waals surface area contributed by atoms with Gasteiger partial charge in [0, 0.05) is 16.5 Å². The quantitative estimate of drug-likeness (QED) is 0.405. The van der Waals surface area contributed by atoms with Gasteiger partial charge in [-0.05, 0) is 0 Å². The number of thiazole rings is 2. The number of carboxylic acid groups (broad SMARTS) is 1. The maximum absolute atomic E-state index is 13.3. The highest BCUT2D eigenvalue weighted by Gasteiger charge is 2.35. The van der Waals surface area contributed by atoms with Gasteiger partial charge in [0.2, 0.25) is 10.3 Å². The normalized spacial score (nSPS) is 14.5. The first-order valence-electron chi connectivity index (χ1n) is 9.63. The standard InChI is InChI=1S/C22H14N6O3S2/c29-19-18(25-26-21-23-11-16(33-21)20(30)31)17(14-9-5-2-6-10-14)27-28(19)22-24-15(12-32-22)13-7-3-1-4-8-13/h1-12H,(H,23,26)(H,30,31)/b25-18-. The predicted octanol–water partition coefficient (Wildman–Crippen LogP) is 4.18. The van der Waals surface area contributed by atoms with E-state index in [9.17, 15) is 9.59 Å². The third-order valence-electron chi connectivity index (χ3n) is 4.59. The van der Waals surface area contributed by atoms with E-state index < -0.39 is 11.9 Å². The number of carbonyl (C=O) groups is 2. The van der Waals surface area contributed by atoms with Crippen LogP contribution in [0.15, 0.2) is 82.4 Å². The van der Waals surface area contributed by atoms with E-state index in [1.165, 1.54) is 22.5 Å². The molecule has 0 fully saturated rings. The smallest absolute Gasteiger partial charge is 0.347 e. The van der Waals surface area contributed by atoms with Crippen LogP contribution in [0.25, 0.3) is 11.3 Å². The molecular formula is C22H14N6O3S2. The summed E-state index contributed by atoms with van der Waals surface area (Å²) in [6.07, 6.45) is 1.23. The number of amides is 1. The Morgan fingerprint density at radius 2 is 1.73 bits per heavy atom. The van der Waals surface area contributed by atoms with Gasteiger partial charge in [0.15, 0.2) is 5.71 Å². The summed E-state index contributed by atoms with van der Waals surface area (Å²) in [6, 6.07) is 18.9. The Morgan fingerprint density at radius 3 is 2.39 bits per heavy atom. The molecule has 2 N–H and O–H groups in total. The lowest BCUT2D eigenvalue weighted by Crippen LogP contribution is -2.28. The van der Waals surface area contributed by atoms with E-state index in [1.807, 2.05) is 66.0 Å². The molecule has 11 heteroatoms. The summed E-state index contributed by atoms with van der Waals surface area (Å²) in [6.45, 7) is 0. The molecule has 0 saturated carbocycles. The predicted molar refractivity (Wildman–Crippen MR) is 128 cm³/mol. The Hall–Kier alpha value is -4.22. The van der Waals surface area contributed by atoms with Crippen LogP contribution >= 0.6 is 22.7 Å². The van der Waals surface area contributed by atoms with Gasteiger partial charge in [0.25, 0.3) is 0 Å². The summed E-state index contributed by atoms with van der Waals surface area (Å²) < 4.78 is 0. The van der Waals surface area contributed by atoms with E-state index in [0.29, 0.717) is 16.4 Å². The van der Waals surface area contributed by atoms with Gasteiger partial charge < -0.3 is 5.11 Å². The van der Waals surface area contributed by atoms with Crippen LogP contribution in [0.2, 0.25) is 0 Å². The van der Waals surface area contributed by atoms with Crippen LogP contribution in [-0.4, -0.2) is 38.4 Å². The number of carboxylic acids is 1. The van der Waals surface area contributed by atoms with Crippen LogP contribution < -0.4 is 10.4 Å². The minimum absolute atomic E-state index is 0.0604. The molecule has 2 aromatic carbocycles. The van der Waals surface area contributed by atoms with Gasteiger partial charge in [-0.1, -0.05) is 72.0 Å². The Labute approximate surface area is 195 Å². The Morgan fingerprint density at radius 1 is 1.03 bits per heavy atom. The molecule has 5 rings (SSSR count). The molecule has 1 aliphatic rings. The lowest BCUT2D eigenvalue weighted by atomic mass is 10.1. The Kier molecular flexibility index (Phi) is 5.47. The zero-order valence-electron chi connectivity index (χ0n) is 16.7. The van der Waals surface area contributed by atoms with Crippen molar-refractivity contribution in [1.29, 1.82) is 0 Å². The Bertz CT molecular complexity index is 1400. The summed E-state index contributed by atoms with van der Waals surface area (Å²) in [7, 11) is 0. The van der Waals surface area contributed by atoms with Crippen molar-refractivity contribution in [3.8, 4) is 11.3 Å².